The molecule has 36 heavy (non-hydrogen) atoms. The molecule has 0 saturated carbocycles. The van der Waals surface area contributed by atoms with Crippen LogP contribution in [0, 0.1) is 30.9 Å². The third-order valence-corrected chi connectivity index (χ3v) is 5.29. The van der Waals surface area contributed by atoms with E-state index in [-0.39, 0.29) is 12.3 Å². The number of methoxy groups -OCH3 is 1. The minimum Gasteiger partial charge on any atom is -0.496 e. The highest BCUT2D eigenvalue weighted by atomic mass is 16.6. The van der Waals surface area contributed by atoms with Gasteiger partial charge >= 0.3 is 11.8 Å². The molecule has 0 aliphatic rings. The molecule has 0 heterocycles. The average Bonchev–Trinajstić information content (AvgIpc) is 2.84. The number of nitrogens with one attached hydrogen (secondary N) is 2. The minimum absolute atomic E-state index is 0.0166. The molecule has 10 heteroatoms. The Balaban J connectivity index is 1.63. The van der Waals surface area contributed by atoms with Gasteiger partial charge in [0.05, 0.1) is 18.2 Å². The fourth-order valence-electron chi connectivity index (χ4n) is 3.34. The molecule has 3 rings (SSSR count). The van der Waals surface area contributed by atoms with Crippen LogP contribution in [0.4, 0.5) is 11.4 Å². The van der Waals surface area contributed by atoms with E-state index < -0.39 is 16.7 Å². The number of carbonyl (C=O) groups excluding carboxylic acids is 2. The number of aryl methyl sites for hydroxylation is 3. The third-order valence-electron chi connectivity index (χ3n) is 5.29. The van der Waals surface area contributed by atoms with E-state index in [4.69, 9.17) is 9.47 Å². The van der Waals surface area contributed by atoms with E-state index in [0.717, 1.165) is 11.1 Å². The second-order valence-corrected chi connectivity index (χ2v) is 8.04. The molecule has 3 aromatic carbocycles. The van der Waals surface area contributed by atoms with Gasteiger partial charge in [-0.25, -0.2) is 5.43 Å². The lowest BCUT2D eigenvalue weighted by Crippen LogP contribution is -2.32. The van der Waals surface area contributed by atoms with Crippen LogP contribution >= 0.6 is 0 Å². The van der Waals surface area contributed by atoms with Crippen molar-refractivity contribution in [1.29, 1.82) is 0 Å². The fraction of sp³-hybridized carbons (Fsp3) is 0.192. The first-order valence-electron chi connectivity index (χ1n) is 10.9. The Morgan fingerprint density at radius 3 is 2.47 bits per heavy atom. The summed E-state index contributed by atoms with van der Waals surface area (Å²) in [6.45, 7) is 5.49. The minimum atomic E-state index is -0.905. The van der Waals surface area contributed by atoms with Gasteiger partial charge in [0.2, 0.25) is 0 Å². The highest BCUT2D eigenvalue weighted by Gasteiger charge is 2.14. The maximum Gasteiger partial charge on any atom is 0.329 e. The van der Waals surface area contributed by atoms with Gasteiger partial charge < -0.3 is 14.8 Å². The molecule has 0 atom stereocenters. The summed E-state index contributed by atoms with van der Waals surface area (Å²) < 4.78 is 11.2. The lowest BCUT2D eigenvalue weighted by molar-refractivity contribution is -0.385. The van der Waals surface area contributed by atoms with Crippen molar-refractivity contribution >= 4 is 29.4 Å². The maximum atomic E-state index is 12.2. The zero-order valence-electron chi connectivity index (χ0n) is 20.3. The van der Waals surface area contributed by atoms with E-state index in [2.05, 4.69) is 15.8 Å². The van der Waals surface area contributed by atoms with Crippen LogP contribution in [-0.4, -0.2) is 30.1 Å². The number of ether oxygens (including phenoxy) is 2. The van der Waals surface area contributed by atoms with Crippen molar-refractivity contribution in [3.63, 3.8) is 0 Å². The van der Waals surface area contributed by atoms with Crippen molar-refractivity contribution in [3.05, 3.63) is 92.5 Å². The molecule has 0 aromatic heterocycles. The van der Waals surface area contributed by atoms with Crippen molar-refractivity contribution < 1.29 is 24.0 Å². The van der Waals surface area contributed by atoms with Gasteiger partial charge in [-0.05, 0) is 73.9 Å². The highest BCUT2D eigenvalue weighted by Crippen LogP contribution is 2.26. The zero-order valence-corrected chi connectivity index (χ0v) is 20.3. The highest BCUT2D eigenvalue weighted by molar-refractivity contribution is 6.39. The van der Waals surface area contributed by atoms with Crippen LogP contribution in [0.2, 0.25) is 0 Å². The second-order valence-electron chi connectivity index (χ2n) is 8.04. The molecular weight excluding hydrogens is 464 g/mol. The number of amides is 2. The number of hydrogen-bond acceptors (Lipinski definition) is 7. The number of hydrazone groups is 1. The fourth-order valence-corrected chi connectivity index (χ4v) is 3.34. The van der Waals surface area contributed by atoms with Crippen molar-refractivity contribution in [1.82, 2.24) is 5.43 Å². The Bertz CT molecular complexity index is 1340. The number of nitrogens with zero attached hydrogens (tertiary/aromatic N) is 2. The summed E-state index contributed by atoms with van der Waals surface area (Å²) >= 11 is 0. The first-order valence-corrected chi connectivity index (χ1v) is 10.9. The van der Waals surface area contributed by atoms with Gasteiger partial charge in [-0.15, -0.1) is 0 Å². The molecule has 10 nitrogen and oxygen atoms in total. The molecule has 2 N–H and O–H groups in total. The lowest BCUT2D eigenvalue weighted by atomic mass is 10.1. The molecule has 3 aromatic rings. The van der Waals surface area contributed by atoms with Crippen molar-refractivity contribution in [3.8, 4) is 11.5 Å². The SMILES string of the molecule is COc1ccc(/C=N/NC(=O)C(=O)Nc2cc(C)ccc2C)cc1COc1ccc([N+](=O)[O-])c(C)c1. The van der Waals surface area contributed by atoms with Crippen molar-refractivity contribution in [2.75, 3.05) is 12.4 Å². The monoisotopic (exact) mass is 490 g/mol. The van der Waals surface area contributed by atoms with E-state index in [9.17, 15) is 19.7 Å². The van der Waals surface area contributed by atoms with Crippen LogP contribution in [0.5, 0.6) is 11.5 Å². The van der Waals surface area contributed by atoms with Gasteiger partial charge in [0, 0.05) is 22.9 Å². The van der Waals surface area contributed by atoms with Gasteiger partial charge in [-0.3, -0.25) is 19.7 Å². The van der Waals surface area contributed by atoms with Crippen molar-refractivity contribution in [2.45, 2.75) is 27.4 Å². The Morgan fingerprint density at radius 1 is 1.00 bits per heavy atom. The van der Waals surface area contributed by atoms with Gasteiger partial charge in [0.25, 0.3) is 5.69 Å². The summed E-state index contributed by atoms with van der Waals surface area (Å²) in [7, 11) is 1.53. The van der Waals surface area contributed by atoms with Gasteiger partial charge in [-0.2, -0.15) is 5.10 Å². The van der Waals surface area contributed by atoms with Crippen molar-refractivity contribution in [2.24, 2.45) is 5.10 Å². The zero-order chi connectivity index (χ0) is 26.2. The molecule has 0 spiro atoms. The van der Waals surface area contributed by atoms with Crippen LogP contribution in [0.1, 0.15) is 27.8 Å². The molecule has 0 radical (unpaired) electrons. The standard InChI is InChI=1S/C26H26N4O6/c1-16-5-6-17(2)22(11-16)28-25(31)26(32)29-27-14-19-7-10-24(35-4)20(13-19)15-36-21-8-9-23(30(33)34)18(3)12-21/h5-14H,15H2,1-4H3,(H,28,31)(H,29,32)/b27-14+. The van der Waals surface area contributed by atoms with E-state index in [1.807, 2.05) is 26.0 Å². The summed E-state index contributed by atoms with van der Waals surface area (Å²) in [5.41, 5.74) is 6.39. The van der Waals surface area contributed by atoms with Crippen LogP contribution in [0.15, 0.2) is 59.7 Å². The van der Waals surface area contributed by atoms with Crippen LogP contribution in [0.25, 0.3) is 0 Å². The number of nitro groups is 1. The Kier molecular flexibility index (Phi) is 8.35. The molecule has 186 valence electrons. The number of nitro benzene ring substituents is 1. The largest absolute Gasteiger partial charge is 0.496 e. The van der Waals surface area contributed by atoms with E-state index in [1.165, 1.54) is 25.5 Å². The van der Waals surface area contributed by atoms with Crippen LogP contribution in [-0.2, 0) is 16.2 Å². The molecule has 0 aliphatic carbocycles. The summed E-state index contributed by atoms with van der Waals surface area (Å²) in [4.78, 5) is 34.9. The first-order chi connectivity index (χ1) is 17.2. The van der Waals surface area contributed by atoms with E-state index >= 15 is 0 Å². The number of rotatable bonds is 8. The number of anilines is 1. The Labute approximate surface area is 208 Å². The number of hydrogen-bond donors (Lipinski definition) is 2. The Morgan fingerprint density at radius 2 is 1.78 bits per heavy atom. The lowest BCUT2D eigenvalue weighted by Gasteiger charge is -2.11. The predicted octanol–water partition coefficient (Wildman–Crippen LogP) is 4.20. The van der Waals surface area contributed by atoms with Gasteiger partial charge in [-0.1, -0.05) is 12.1 Å². The molecule has 2 amide bonds. The van der Waals surface area contributed by atoms with E-state index in [1.54, 1.807) is 37.3 Å². The molecule has 0 unspecified atom stereocenters. The second kappa shape index (κ2) is 11.6. The number of carbonyl (C=O) groups is 2. The smallest absolute Gasteiger partial charge is 0.329 e. The predicted molar refractivity (Wildman–Crippen MR) is 135 cm³/mol. The quantitative estimate of drug-likeness (QED) is 0.211. The van der Waals surface area contributed by atoms with Crippen LogP contribution in [0.3, 0.4) is 0 Å². The van der Waals surface area contributed by atoms with Crippen LogP contribution < -0.4 is 20.2 Å². The number of benzene rings is 3. The molecule has 0 fully saturated rings. The first kappa shape index (κ1) is 25.9. The summed E-state index contributed by atoms with van der Waals surface area (Å²) in [6.07, 6.45) is 1.39. The average molecular weight is 491 g/mol. The molecule has 0 aliphatic heterocycles. The molecular formula is C26H26N4O6. The molecule has 0 saturated heterocycles. The molecule has 0 bridgehead atoms. The van der Waals surface area contributed by atoms with Gasteiger partial charge in [0.1, 0.15) is 18.1 Å². The van der Waals surface area contributed by atoms with Gasteiger partial charge in [0.15, 0.2) is 0 Å². The topological polar surface area (TPSA) is 132 Å². The Hall–Kier alpha value is -4.73. The maximum absolute atomic E-state index is 12.2. The normalized spacial score (nSPS) is 10.7. The van der Waals surface area contributed by atoms with E-state index in [0.29, 0.717) is 33.9 Å². The third kappa shape index (κ3) is 6.66. The summed E-state index contributed by atoms with van der Waals surface area (Å²) in [5, 5.41) is 17.4. The summed E-state index contributed by atoms with van der Waals surface area (Å²) in [5.74, 6) is -0.690. The summed E-state index contributed by atoms with van der Waals surface area (Å²) in [6, 6.07) is 15.3.